The lowest BCUT2D eigenvalue weighted by Gasteiger charge is -2.44. The molecule has 56 heavy (non-hydrogen) atoms. The molecule has 3 saturated heterocycles. The Morgan fingerprint density at radius 2 is 1.43 bits per heavy atom. The highest BCUT2D eigenvalue weighted by Gasteiger charge is 2.45. The number of allylic oxidation sites excluding steroid dienone is 1. The summed E-state index contributed by atoms with van der Waals surface area (Å²) in [5.41, 5.74) is 8.88. The maximum atomic E-state index is 13.3. The predicted molar refractivity (Wildman–Crippen MR) is 217 cm³/mol. The Morgan fingerprint density at radius 3 is 2.11 bits per heavy atom. The second kappa shape index (κ2) is 16.3. The number of hydrogen-bond acceptors (Lipinski definition) is 8. The van der Waals surface area contributed by atoms with Crippen LogP contribution in [0, 0.1) is 5.92 Å². The molecule has 10 heteroatoms. The third kappa shape index (κ3) is 7.76. The van der Waals surface area contributed by atoms with Gasteiger partial charge in [-0.25, -0.2) is 0 Å². The number of hydrogen-bond donors (Lipinski definition) is 2. The molecule has 3 fully saturated rings. The van der Waals surface area contributed by atoms with Crippen LogP contribution in [0.4, 0.5) is 5.69 Å². The molecule has 0 aliphatic carbocycles. The fourth-order valence-corrected chi connectivity index (χ4v) is 8.84. The number of benzene rings is 4. The number of fused-ring (bicyclic) bond motifs is 1. The van der Waals surface area contributed by atoms with Gasteiger partial charge < -0.3 is 14.9 Å². The predicted octanol–water partition coefficient (Wildman–Crippen LogP) is 5.85. The molecule has 4 aliphatic heterocycles. The third-order valence-corrected chi connectivity index (χ3v) is 11.8. The Bertz CT molecular complexity index is 2130. The minimum absolute atomic E-state index is 0.105. The lowest BCUT2D eigenvalue weighted by atomic mass is 9.87. The first-order valence-electron chi connectivity index (χ1n) is 20.0. The van der Waals surface area contributed by atoms with Gasteiger partial charge in [-0.3, -0.25) is 34.3 Å². The van der Waals surface area contributed by atoms with Gasteiger partial charge in [-0.05, 0) is 102 Å². The minimum Gasteiger partial charge on any atom is -0.508 e. The lowest BCUT2D eigenvalue weighted by molar-refractivity contribution is -0.136. The van der Waals surface area contributed by atoms with Crippen LogP contribution >= 0.6 is 0 Å². The summed E-state index contributed by atoms with van der Waals surface area (Å²) in [4.78, 5) is 58.8. The van der Waals surface area contributed by atoms with E-state index in [-0.39, 0.29) is 24.5 Å². The summed E-state index contributed by atoms with van der Waals surface area (Å²) in [5, 5.41) is 12.2. The SMILES string of the molecule is CC/C(=C(\c1ccc(O)cc1)c1ccc(CCCN2CC(CN3CCN(c4ccc5c(c4)C(=O)N(C4CCC(=O)NC4=O)C5=O)CC3)C2)cc1)c1ccccc1. The average molecular weight is 752 g/mol. The normalized spacial score (nSPS) is 19.8. The number of aromatic hydroxyl groups is 1. The monoisotopic (exact) mass is 751 g/mol. The lowest BCUT2D eigenvalue weighted by Crippen LogP contribution is -2.55. The number of aryl methyl sites for hydroxylation is 1. The quantitative estimate of drug-likeness (QED) is 0.137. The maximum Gasteiger partial charge on any atom is 0.262 e. The molecule has 1 atom stereocenters. The van der Waals surface area contributed by atoms with Crippen LogP contribution in [0.15, 0.2) is 97.1 Å². The zero-order valence-corrected chi connectivity index (χ0v) is 32.0. The number of nitrogens with zero attached hydrogens (tertiary/aromatic N) is 4. The number of phenols is 1. The zero-order chi connectivity index (χ0) is 38.8. The summed E-state index contributed by atoms with van der Waals surface area (Å²) in [6.45, 7) is 10.2. The maximum absolute atomic E-state index is 13.3. The average Bonchev–Trinajstić information content (AvgIpc) is 3.45. The van der Waals surface area contributed by atoms with Gasteiger partial charge in [0.25, 0.3) is 11.8 Å². The topological polar surface area (TPSA) is 114 Å². The first-order chi connectivity index (χ1) is 27.2. The van der Waals surface area contributed by atoms with Crippen molar-refractivity contribution in [2.24, 2.45) is 5.92 Å². The molecule has 4 heterocycles. The van der Waals surface area contributed by atoms with Crippen LogP contribution in [0.3, 0.4) is 0 Å². The largest absolute Gasteiger partial charge is 0.508 e. The van der Waals surface area contributed by atoms with Crippen molar-refractivity contribution in [1.82, 2.24) is 20.0 Å². The van der Waals surface area contributed by atoms with Crippen molar-refractivity contribution in [3.63, 3.8) is 0 Å². The Kier molecular flexibility index (Phi) is 10.8. The number of phenolic OH excluding ortho intramolecular Hbond substituents is 1. The standard InChI is InChI=1S/C46H49N5O5/c1-2-38(33-8-4-3-5-9-33)43(35-14-17-37(52)18-15-35)34-12-10-31(11-13-34)7-6-22-49-29-32(30-49)28-48-23-25-50(26-24-48)36-16-19-39-40(27-36)46(56)51(45(39)55)41-20-21-42(53)47-44(41)54/h3-5,8-19,27,32,41,52H,2,6-7,20-26,28-30H2,1H3,(H,47,53,54)/b43-38+. The summed E-state index contributed by atoms with van der Waals surface area (Å²) >= 11 is 0. The highest BCUT2D eigenvalue weighted by atomic mass is 16.3. The first-order valence-corrected chi connectivity index (χ1v) is 20.0. The fourth-order valence-electron chi connectivity index (χ4n) is 8.84. The summed E-state index contributed by atoms with van der Waals surface area (Å²) in [7, 11) is 0. The molecule has 4 aromatic carbocycles. The van der Waals surface area contributed by atoms with E-state index in [4.69, 9.17) is 0 Å². The number of piperidine rings is 1. The number of rotatable bonds is 12. The second-order valence-electron chi connectivity index (χ2n) is 15.5. The summed E-state index contributed by atoms with van der Waals surface area (Å²) in [6.07, 6.45) is 3.31. The fraction of sp³-hybridized carbons (Fsp3) is 0.348. The van der Waals surface area contributed by atoms with E-state index in [0.717, 1.165) is 87.8 Å². The van der Waals surface area contributed by atoms with Gasteiger partial charge >= 0.3 is 0 Å². The number of imide groups is 2. The molecule has 288 valence electrons. The first kappa shape index (κ1) is 37.3. The summed E-state index contributed by atoms with van der Waals surface area (Å²) < 4.78 is 0. The van der Waals surface area contributed by atoms with Gasteiger partial charge in [-0.15, -0.1) is 0 Å². The molecule has 4 amide bonds. The molecular formula is C46H49N5O5. The van der Waals surface area contributed by atoms with Gasteiger partial charge in [0.2, 0.25) is 11.8 Å². The molecule has 0 saturated carbocycles. The Morgan fingerprint density at radius 1 is 0.750 bits per heavy atom. The molecule has 0 radical (unpaired) electrons. The van der Waals surface area contributed by atoms with Gasteiger partial charge in [0.05, 0.1) is 11.1 Å². The summed E-state index contributed by atoms with van der Waals surface area (Å²) in [6, 6.07) is 31.5. The third-order valence-electron chi connectivity index (χ3n) is 11.8. The van der Waals surface area contributed by atoms with Crippen LogP contribution in [0.5, 0.6) is 5.75 Å². The second-order valence-corrected chi connectivity index (χ2v) is 15.5. The molecule has 8 rings (SSSR count). The molecule has 1 unspecified atom stereocenters. The van der Waals surface area contributed by atoms with E-state index in [9.17, 15) is 24.3 Å². The van der Waals surface area contributed by atoms with E-state index in [0.29, 0.717) is 17.0 Å². The van der Waals surface area contributed by atoms with E-state index in [1.807, 2.05) is 24.3 Å². The summed E-state index contributed by atoms with van der Waals surface area (Å²) in [5.74, 6) is -0.975. The number of likely N-dealkylation sites (tertiary alicyclic amines) is 1. The van der Waals surface area contributed by atoms with Crippen molar-refractivity contribution in [3.05, 3.63) is 130 Å². The number of anilines is 1. The molecule has 10 nitrogen and oxygen atoms in total. The van der Waals surface area contributed by atoms with E-state index in [1.54, 1.807) is 24.3 Å². The van der Waals surface area contributed by atoms with Crippen molar-refractivity contribution in [2.75, 3.05) is 57.3 Å². The molecule has 4 aromatic rings. The number of amides is 4. The van der Waals surface area contributed by atoms with Crippen molar-refractivity contribution < 1.29 is 24.3 Å². The van der Waals surface area contributed by atoms with Crippen LogP contribution in [-0.4, -0.2) is 102 Å². The number of nitrogens with one attached hydrogen (secondary N) is 1. The number of carbonyl (C=O) groups is 4. The van der Waals surface area contributed by atoms with Crippen LogP contribution in [0.1, 0.15) is 75.6 Å². The van der Waals surface area contributed by atoms with E-state index in [2.05, 4.69) is 75.5 Å². The van der Waals surface area contributed by atoms with Crippen LogP contribution < -0.4 is 10.2 Å². The highest BCUT2D eigenvalue weighted by Crippen LogP contribution is 2.36. The Balaban J connectivity index is 0.791. The van der Waals surface area contributed by atoms with Crippen LogP contribution in [0.25, 0.3) is 11.1 Å². The molecule has 0 bridgehead atoms. The van der Waals surface area contributed by atoms with Crippen molar-refractivity contribution in [1.29, 1.82) is 0 Å². The highest BCUT2D eigenvalue weighted by molar-refractivity contribution is 6.23. The number of piperazine rings is 1. The molecule has 2 N–H and O–H groups in total. The molecule has 0 aromatic heterocycles. The smallest absolute Gasteiger partial charge is 0.262 e. The van der Waals surface area contributed by atoms with E-state index >= 15 is 0 Å². The van der Waals surface area contributed by atoms with E-state index in [1.165, 1.54) is 27.8 Å². The minimum atomic E-state index is -0.956. The number of carbonyl (C=O) groups excluding carboxylic acids is 4. The van der Waals surface area contributed by atoms with Crippen molar-refractivity contribution in [2.45, 2.75) is 45.1 Å². The van der Waals surface area contributed by atoms with Gasteiger partial charge in [-0.1, -0.05) is 73.7 Å². The van der Waals surface area contributed by atoms with Crippen LogP contribution in [-0.2, 0) is 16.0 Å². The Labute approximate surface area is 328 Å². The van der Waals surface area contributed by atoms with Gasteiger partial charge in [0.1, 0.15) is 11.8 Å². The molecular weight excluding hydrogens is 703 g/mol. The van der Waals surface area contributed by atoms with Crippen LogP contribution in [0.2, 0.25) is 0 Å². The Hall–Kier alpha value is -5.58. The van der Waals surface area contributed by atoms with Crippen molar-refractivity contribution >= 4 is 40.5 Å². The molecule has 0 spiro atoms. The molecule has 4 aliphatic rings. The van der Waals surface area contributed by atoms with E-state index < -0.39 is 23.8 Å². The van der Waals surface area contributed by atoms with Crippen molar-refractivity contribution in [3.8, 4) is 5.75 Å². The zero-order valence-electron chi connectivity index (χ0n) is 32.0. The van der Waals surface area contributed by atoms with Gasteiger partial charge in [-0.2, -0.15) is 0 Å². The van der Waals surface area contributed by atoms with Gasteiger partial charge in [0.15, 0.2) is 0 Å². The van der Waals surface area contributed by atoms with Gasteiger partial charge in [0, 0.05) is 57.9 Å².